The first kappa shape index (κ1) is 10.0. The molecule has 13 heavy (non-hydrogen) atoms. The van der Waals surface area contributed by atoms with Gasteiger partial charge < -0.3 is 0 Å². The molecule has 0 bridgehead atoms. The highest BCUT2D eigenvalue weighted by Crippen LogP contribution is 2.34. The van der Waals surface area contributed by atoms with Gasteiger partial charge in [0.05, 0.1) is 0 Å². The third-order valence-corrected chi connectivity index (χ3v) is 4.87. The van der Waals surface area contributed by atoms with Gasteiger partial charge in [0.1, 0.15) is 0 Å². The molecule has 0 unspecified atom stereocenters. The molecule has 0 aliphatic rings. The Kier molecular flexibility index (Phi) is 3.03. The van der Waals surface area contributed by atoms with Crippen LogP contribution in [0, 0.1) is 0 Å². The molecule has 68 valence electrons. The summed E-state index contributed by atoms with van der Waals surface area (Å²) in [7, 11) is 0. The second-order valence-electron chi connectivity index (χ2n) is 2.69. The minimum Gasteiger partial charge on any atom is -0.142 e. The zero-order valence-corrected chi connectivity index (χ0v) is 11.4. The van der Waals surface area contributed by atoms with E-state index >= 15 is 0 Å². The van der Waals surface area contributed by atoms with Crippen molar-refractivity contribution in [2.24, 2.45) is 0 Å². The van der Waals surface area contributed by atoms with Crippen LogP contribution >= 0.6 is 55.8 Å². The fourth-order valence-corrected chi connectivity index (χ4v) is 3.68. The van der Waals surface area contributed by atoms with Crippen molar-refractivity contribution in [1.82, 2.24) is 0 Å². The number of thiol groups is 1. The molecule has 0 aliphatic carbocycles. The Balaban J connectivity index is 2.75. The van der Waals surface area contributed by atoms with E-state index < -0.39 is 0 Å². The Labute approximate surface area is 103 Å². The van der Waals surface area contributed by atoms with Crippen LogP contribution in [0.15, 0.2) is 27.6 Å². The van der Waals surface area contributed by atoms with Gasteiger partial charge in [-0.05, 0) is 23.6 Å². The maximum absolute atomic E-state index is 4.44. The van der Waals surface area contributed by atoms with Crippen molar-refractivity contribution in [3.05, 3.63) is 27.5 Å². The number of hydrogen-bond acceptors (Lipinski definition) is 2. The van der Waals surface area contributed by atoms with Crippen molar-refractivity contribution in [2.45, 2.75) is 10.2 Å². The minimum absolute atomic E-state index is 0.914. The lowest BCUT2D eigenvalue weighted by Crippen LogP contribution is -1.67. The van der Waals surface area contributed by atoms with Crippen LogP contribution < -0.4 is 0 Å². The van der Waals surface area contributed by atoms with Gasteiger partial charge in [0, 0.05) is 24.3 Å². The van der Waals surface area contributed by atoms with Gasteiger partial charge in [0.15, 0.2) is 0 Å². The van der Waals surface area contributed by atoms with Gasteiger partial charge in [-0.25, -0.2) is 0 Å². The second-order valence-corrected chi connectivity index (χ2v) is 5.78. The molecule has 1 aromatic heterocycles. The van der Waals surface area contributed by atoms with Crippen LogP contribution in [-0.4, -0.2) is 0 Å². The Bertz CT molecular complexity index is 448. The molecule has 1 heterocycles. The molecule has 0 radical (unpaired) electrons. The molecule has 0 amide bonds. The molecule has 0 aliphatic heterocycles. The van der Waals surface area contributed by atoms with Crippen LogP contribution in [0.25, 0.3) is 10.1 Å². The van der Waals surface area contributed by atoms with Crippen molar-refractivity contribution < 1.29 is 0 Å². The van der Waals surface area contributed by atoms with E-state index in [4.69, 9.17) is 0 Å². The van der Waals surface area contributed by atoms with Crippen molar-refractivity contribution in [3.8, 4) is 0 Å². The average molecular weight is 338 g/mol. The van der Waals surface area contributed by atoms with Crippen LogP contribution in [-0.2, 0) is 5.33 Å². The molecule has 0 spiro atoms. The largest absolute Gasteiger partial charge is 0.142 e. The summed E-state index contributed by atoms with van der Waals surface area (Å²) in [6.07, 6.45) is 0. The van der Waals surface area contributed by atoms with E-state index in [1.807, 2.05) is 6.07 Å². The van der Waals surface area contributed by atoms with Gasteiger partial charge in [-0.1, -0.05) is 31.9 Å². The Morgan fingerprint density at radius 3 is 2.77 bits per heavy atom. The van der Waals surface area contributed by atoms with E-state index in [1.165, 1.54) is 15.0 Å². The molecule has 0 saturated heterocycles. The van der Waals surface area contributed by atoms with Gasteiger partial charge in [-0.3, -0.25) is 0 Å². The third-order valence-electron chi connectivity index (χ3n) is 1.74. The van der Waals surface area contributed by atoms with Crippen LogP contribution in [0.2, 0.25) is 0 Å². The number of rotatable bonds is 1. The molecular formula is C9H6Br2S2. The van der Waals surface area contributed by atoms with E-state index in [1.54, 1.807) is 11.3 Å². The van der Waals surface area contributed by atoms with Gasteiger partial charge >= 0.3 is 0 Å². The predicted octanol–water partition coefficient (Wildman–Crippen LogP) is 4.85. The predicted molar refractivity (Wildman–Crippen MR) is 69.4 cm³/mol. The van der Waals surface area contributed by atoms with E-state index in [2.05, 4.69) is 56.6 Å². The highest BCUT2D eigenvalue weighted by atomic mass is 79.9. The molecule has 4 heteroatoms. The van der Waals surface area contributed by atoms with Crippen molar-refractivity contribution in [1.29, 1.82) is 0 Å². The van der Waals surface area contributed by atoms with Gasteiger partial charge in [-0.2, -0.15) is 0 Å². The first-order valence-corrected chi connectivity index (χ1v) is 6.85. The van der Waals surface area contributed by atoms with E-state index in [9.17, 15) is 0 Å². The molecular weight excluding hydrogens is 332 g/mol. The quantitative estimate of drug-likeness (QED) is 0.558. The number of alkyl halides is 1. The molecule has 1 aromatic carbocycles. The van der Waals surface area contributed by atoms with E-state index in [-0.39, 0.29) is 0 Å². The molecule has 0 fully saturated rings. The fraction of sp³-hybridized carbons (Fsp3) is 0.111. The normalized spacial score (nSPS) is 11.0. The summed E-state index contributed by atoms with van der Waals surface area (Å²) in [5.74, 6) is 0. The minimum atomic E-state index is 0.914. The Morgan fingerprint density at radius 2 is 2.08 bits per heavy atom. The van der Waals surface area contributed by atoms with Gasteiger partial charge in [0.25, 0.3) is 0 Å². The topological polar surface area (TPSA) is 0 Å². The number of benzene rings is 1. The summed E-state index contributed by atoms with van der Waals surface area (Å²) in [5, 5.41) is 2.18. The zero-order valence-electron chi connectivity index (χ0n) is 6.55. The van der Waals surface area contributed by atoms with E-state index in [0.29, 0.717) is 0 Å². The lowest BCUT2D eigenvalue weighted by molar-refractivity contribution is 1.56. The van der Waals surface area contributed by atoms with Crippen molar-refractivity contribution in [2.75, 3.05) is 0 Å². The van der Waals surface area contributed by atoms with Crippen molar-refractivity contribution in [3.63, 3.8) is 0 Å². The Morgan fingerprint density at radius 1 is 1.31 bits per heavy atom. The smallest absolute Gasteiger partial charge is 0.0480 e. The maximum Gasteiger partial charge on any atom is 0.0480 e. The van der Waals surface area contributed by atoms with Gasteiger partial charge in [0.2, 0.25) is 0 Å². The van der Waals surface area contributed by atoms with Crippen LogP contribution in [0.3, 0.4) is 0 Å². The number of fused-ring (bicyclic) bond motifs is 1. The van der Waals surface area contributed by atoms with Crippen LogP contribution in [0.5, 0.6) is 0 Å². The summed E-state index contributed by atoms with van der Waals surface area (Å²) >= 11 is 13.1. The lowest BCUT2D eigenvalue weighted by Gasteiger charge is -1.95. The first-order valence-electron chi connectivity index (χ1n) is 3.67. The highest BCUT2D eigenvalue weighted by molar-refractivity contribution is 9.10. The van der Waals surface area contributed by atoms with Crippen LogP contribution in [0.1, 0.15) is 4.88 Å². The second kappa shape index (κ2) is 3.93. The lowest BCUT2D eigenvalue weighted by atomic mass is 10.2. The summed E-state index contributed by atoms with van der Waals surface area (Å²) in [5.41, 5.74) is 0. The monoisotopic (exact) mass is 336 g/mol. The molecule has 2 rings (SSSR count). The first-order chi connectivity index (χ1) is 6.20. The number of thiophene rings is 1. The third kappa shape index (κ3) is 1.96. The zero-order chi connectivity index (χ0) is 9.42. The average Bonchev–Trinajstić information content (AvgIpc) is 2.47. The van der Waals surface area contributed by atoms with Crippen molar-refractivity contribution >= 4 is 65.9 Å². The van der Waals surface area contributed by atoms with E-state index in [0.717, 1.165) is 14.7 Å². The number of halogens is 2. The van der Waals surface area contributed by atoms with Crippen LogP contribution in [0.4, 0.5) is 0 Å². The summed E-state index contributed by atoms with van der Waals surface area (Å²) in [4.78, 5) is 2.38. The fourth-order valence-electron chi connectivity index (χ4n) is 1.22. The molecule has 0 nitrogen and oxygen atoms in total. The SMILES string of the molecule is Sc1cc(Br)cc2cc(CBr)sc12. The Hall–Kier alpha value is 0.490. The highest BCUT2D eigenvalue weighted by Gasteiger charge is 2.04. The maximum atomic E-state index is 4.44. The number of hydrogen-bond donors (Lipinski definition) is 1. The molecule has 0 saturated carbocycles. The standard InChI is InChI=1S/C9H6Br2S2/c10-4-7-2-5-1-6(11)3-8(12)9(5)13-7/h1-3,12H,4H2. The molecule has 2 aromatic rings. The summed E-state index contributed by atoms with van der Waals surface area (Å²) in [6, 6.07) is 6.34. The summed E-state index contributed by atoms with van der Waals surface area (Å²) < 4.78 is 2.35. The molecule has 0 N–H and O–H groups in total. The summed E-state index contributed by atoms with van der Waals surface area (Å²) in [6.45, 7) is 0. The molecule has 0 atom stereocenters. The van der Waals surface area contributed by atoms with Gasteiger partial charge in [-0.15, -0.1) is 24.0 Å².